The third kappa shape index (κ3) is 9.42. The van der Waals surface area contributed by atoms with Crippen LogP contribution >= 0.6 is 0 Å². The van der Waals surface area contributed by atoms with Crippen molar-refractivity contribution in [3.05, 3.63) is 155 Å². The number of amides is 1. The molecular weight excluding hydrogens is 915 g/mol. The lowest BCUT2D eigenvalue weighted by Crippen LogP contribution is -2.82. The summed E-state index contributed by atoms with van der Waals surface area (Å²) in [5.41, 5.74) is -6.05. The zero-order chi connectivity index (χ0) is 50.9. The molecule has 374 valence electrons. The number of esters is 4. The first-order chi connectivity index (χ1) is 33.8. The summed E-state index contributed by atoms with van der Waals surface area (Å²) in [6.45, 7) is 7.79. The zero-order valence-corrected chi connectivity index (χ0v) is 40.4. The quantitative estimate of drug-likeness (QED) is 0.0413. The monoisotopic (exact) mass is 973 g/mol. The van der Waals surface area contributed by atoms with Gasteiger partial charge in [0, 0.05) is 37.7 Å². The number of fused-ring (bicyclic) bond motifs is 5. The van der Waals surface area contributed by atoms with Crippen LogP contribution < -0.4 is 5.32 Å². The van der Waals surface area contributed by atoms with Crippen molar-refractivity contribution in [2.75, 3.05) is 13.4 Å². The first-order valence-corrected chi connectivity index (χ1v) is 23.6. The van der Waals surface area contributed by atoms with Gasteiger partial charge in [-0.15, -0.1) is 0 Å². The Hall–Kier alpha value is -6.56. The van der Waals surface area contributed by atoms with E-state index < -0.39 is 119 Å². The smallest absolute Gasteiger partial charge is 0.338 e. The molecule has 0 radical (unpaired) electrons. The SMILES string of the molecule is CC(=O)O[C@H]1C(=O)[C@@]2(C)C([C@H](OC(=O)c3ccccc3)[C@]3(O)C[C@H](OC(=O)[C@H](OCOCc4ccccc4)[C@@H](NC(=O)c4ccccc4)c4ccccc4)C(C)=C1C3(C)C)[C@]1(OC(C)=O)CO[C@@H]1C[C@@H]2O. The molecule has 1 amide bonds. The van der Waals surface area contributed by atoms with Crippen LogP contribution in [-0.2, 0) is 58.9 Å². The van der Waals surface area contributed by atoms with Gasteiger partial charge in [0.15, 0.2) is 23.6 Å². The average molecular weight is 974 g/mol. The number of benzene rings is 4. The van der Waals surface area contributed by atoms with E-state index in [-0.39, 0.29) is 36.3 Å². The van der Waals surface area contributed by atoms with Crippen LogP contribution in [0, 0.1) is 16.7 Å². The second kappa shape index (κ2) is 20.3. The van der Waals surface area contributed by atoms with E-state index >= 15 is 9.59 Å². The predicted octanol–water partition coefficient (Wildman–Crippen LogP) is 5.93. The van der Waals surface area contributed by atoms with E-state index in [9.17, 15) is 29.4 Å². The van der Waals surface area contributed by atoms with Crippen LogP contribution in [0.15, 0.2) is 132 Å². The van der Waals surface area contributed by atoms with Crippen LogP contribution in [0.1, 0.15) is 92.3 Å². The van der Waals surface area contributed by atoms with E-state index in [1.54, 1.807) is 99.6 Å². The highest BCUT2D eigenvalue weighted by Crippen LogP contribution is 2.64. The number of aliphatic hydroxyl groups is 2. The third-order valence-electron chi connectivity index (χ3n) is 14.9. The Bertz CT molecular complexity index is 2660. The fourth-order valence-corrected chi connectivity index (χ4v) is 11.2. The molecule has 71 heavy (non-hydrogen) atoms. The minimum atomic E-state index is -2.40. The number of ether oxygens (including phenoxy) is 7. The number of carbonyl (C=O) groups is 6. The molecule has 1 aliphatic heterocycles. The van der Waals surface area contributed by atoms with Gasteiger partial charge >= 0.3 is 23.9 Å². The normalized spacial score (nSPS) is 29.3. The molecule has 3 aliphatic carbocycles. The molecule has 4 aromatic rings. The molecule has 3 N–H and O–H groups in total. The maximum atomic E-state index is 15.7. The molecule has 3 fully saturated rings. The Morgan fingerprint density at radius 1 is 0.789 bits per heavy atom. The van der Waals surface area contributed by atoms with Crippen molar-refractivity contribution in [2.45, 2.75) is 115 Å². The molecular formula is C55H59NO15. The standard InChI is InChI=1S/C55H59NO15/c1-32-39(69-51(63)45(67-31-65-29-35-19-11-7-12-20-35)43(36-21-13-8-14-22-36)56-49(61)37-23-15-9-16-24-37)28-55(64)48(70-50(62)38-25-17-10-18-26-38)46-53(6,40(59)27-41-54(46,30-66-41)71-34(3)58)47(60)44(68-33(2)57)42(32)52(55,4)5/h7-26,39-41,43-46,48,59,64H,27-31H2,1-6H3,(H,56,61)/t39-,40-,41+,43-,44+,45+,46?,48-,53+,54-,55+/m0/s1. The minimum Gasteiger partial charge on any atom is -0.456 e. The molecule has 4 aromatic carbocycles. The van der Waals surface area contributed by atoms with Gasteiger partial charge in [0.25, 0.3) is 5.91 Å². The second-order valence-corrected chi connectivity index (χ2v) is 19.4. The zero-order valence-electron chi connectivity index (χ0n) is 40.4. The highest BCUT2D eigenvalue weighted by atomic mass is 16.7. The number of rotatable bonds is 15. The number of Topliss-reactive ketones (excluding diaryl/α,β-unsaturated/α-hetero) is 1. The number of carbonyl (C=O) groups excluding carboxylic acids is 6. The Balaban J connectivity index is 1.27. The van der Waals surface area contributed by atoms with E-state index in [0.717, 1.165) is 12.5 Å². The van der Waals surface area contributed by atoms with E-state index in [2.05, 4.69) is 5.32 Å². The average Bonchev–Trinajstić information content (AvgIpc) is 3.35. The minimum absolute atomic E-state index is 0.0195. The molecule has 1 saturated heterocycles. The summed E-state index contributed by atoms with van der Waals surface area (Å²) in [6, 6.07) is 33.0. The van der Waals surface area contributed by atoms with Crippen LogP contribution in [0.2, 0.25) is 0 Å². The van der Waals surface area contributed by atoms with Crippen molar-refractivity contribution in [2.24, 2.45) is 16.7 Å². The molecule has 16 heteroatoms. The Morgan fingerprint density at radius 2 is 1.38 bits per heavy atom. The lowest BCUT2D eigenvalue weighted by molar-refractivity contribution is -0.346. The van der Waals surface area contributed by atoms with Crippen molar-refractivity contribution in [3.8, 4) is 0 Å². The van der Waals surface area contributed by atoms with E-state index in [4.69, 9.17) is 33.2 Å². The van der Waals surface area contributed by atoms with Gasteiger partial charge in [-0.2, -0.15) is 0 Å². The van der Waals surface area contributed by atoms with Crippen molar-refractivity contribution in [1.29, 1.82) is 0 Å². The molecule has 11 atom stereocenters. The Morgan fingerprint density at radius 3 is 1.96 bits per heavy atom. The Kier molecular flexibility index (Phi) is 14.5. The maximum Gasteiger partial charge on any atom is 0.338 e. The summed E-state index contributed by atoms with van der Waals surface area (Å²) in [4.78, 5) is 85.8. The summed E-state index contributed by atoms with van der Waals surface area (Å²) in [5.74, 6) is -6.56. The van der Waals surface area contributed by atoms with Gasteiger partial charge in [-0.3, -0.25) is 19.2 Å². The van der Waals surface area contributed by atoms with Gasteiger partial charge in [-0.25, -0.2) is 9.59 Å². The number of nitrogens with one attached hydrogen (secondary N) is 1. The van der Waals surface area contributed by atoms with Crippen LogP contribution in [0.5, 0.6) is 0 Å². The number of hydrogen-bond donors (Lipinski definition) is 3. The summed E-state index contributed by atoms with van der Waals surface area (Å²) in [6.07, 6.45) is -10.1. The second-order valence-electron chi connectivity index (χ2n) is 19.4. The van der Waals surface area contributed by atoms with Gasteiger partial charge in [-0.1, -0.05) is 111 Å². The van der Waals surface area contributed by atoms with Gasteiger partial charge in [0.2, 0.25) is 0 Å². The predicted molar refractivity (Wildman–Crippen MR) is 253 cm³/mol. The van der Waals surface area contributed by atoms with Crippen LogP contribution in [0.3, 0.4) is 0 Å². The largest absolute Gasteiger partial charge is 0.456 e. The highest BCUT2D eigenvalue weighted by molar-refractivity contribution is 5.96. The van der Waals surface area contributed by atoms with Crippen molar-refractivity contribution >= 4 is 35.6 Å². The molecule has 8 rings (SSSR count). The summed E-state index contributed by atoms with van der Waals surface area (Å²) in [5, 5.41) is 29.1. The van der Waals surface area contributed by atoms with Crippen molar-refractivity contribution in [3.63, 3.8) is 0 Å². The number of aliphatic hydroxyl groups excluding tert-OH is 1. The molecule has 2 saturated carbocycles. The van der Waals surface area contributed by atoms with E-state index in [1.807, 2.05) is 30.3 Å². The molecule has 2 bridgehead atoms. The van der Waals surface area contributed by atoms with Crippen LogP contribution in [0.25, 0.3) is 0 Å². The summed E-state index contributed by atoms with van der Waals surface area (Å²) < 4.78 is 43.2. The summed E-state index contributed by atoms with van der Waals surface area (Å²) in [7, 11) is 0. The maximum absolute atomic E-state index is 15.7. The van der Waals surface area contributed by atoms with E-state index in [0.29, 0.717) is 11.1 Å². The van der Waals surface area contributed by atoms with Gasteiger partial charge < -0.3 is 48.7 Å². The lowest BCUT2D eigenvalue weighted by Gasteiger charge is -2.67. The number of hydrogen-bond acceptors (Lipinski definition) is 15. The molecule has 16 nitrogen and oxygen atoms in total. The molecule has 4 aliphatic rings. The molecule has 1 unspecified atom stereocenters. The van der Waals surface area contributed by atoms with Gasteiger partial charge in [-0.05, 0) is 60.4 Å². The van der Waals surface area contributed by atoms with Gasteiger partial charge in [0.1, 0.15) is 30.7 Å². The molecule has 0 aromatic heterocycles. The van der Waals surface area contributed by atoms with Crippen LogP contribution in [-0.4, -0.2) is 107 Å². The third-order valence-corrected chi connectivity index (χ3v) is 14.9. The number of ketones is 1. The van der Waals surface area contributed by atoms with Crippen molar-refractivity contribution in [1.82, 2.24) is 5.32 Å². The molecule has 0 spiro atoms. The first kappa shape index (κ1) is 50.8. The van der Waals surface area contributed by atoms with Crippen LogP contribution in [0.4, 0.5) is 0 Å². The van der Waals surface area contributed by atoms with Gasteiger partial charge in [0.05, 0.1) is 42.3 Å². The topological polar surface area (TPSA) is 220 Å². The van der Waals surface area contributed by atoms with Crippen molar-refractivity contribution < 1.29 is 72.1 Å². The Labute approximate surface area is 411 Å². The van der Waals surface area contributed by atoms with E-state index in [1.165, 1.54) is 26.0 Å². The fraction of sp³-hybridized carbons (Fsp3) is 0.418. The summed E-state index contributed by atoms with van der Waals surface area (Å²) >= 11 is 0. The highest BCUT2D eigenvalue weighted by Gasteiger charge is 2.78. The first-order valence-electron chi connectivity index (χ1n) is 23.6. The fourth-order valence-electron chi connectivity index (χ4n) is 11.2. The molecule has 1 heterocycles. The lowest BCUT2D eigenvalue weighted by atomic mass is 9.44.